The fourth-order valence-electron chi connectivity index (χ4n) is 2.51. The van der Waals surface area contributed by atoms with Crippen LogP contribution >= 0.6 is 0 Å². The van der Waals surface area contributed by atoms with E-state index in [1.165, 1.54) is 5.57 Å². The van der Waals surface area contributed by atoms with Crippen molar-refractivity contribution in [2.75, 3.05) is 11.9 Å². The van der Waals surface area contributed by atoms with E-state index in [-0.39, 0.29) is 0 Å². The van der Waals surface area contributed by atoms with Gasteiger partial charge in [0.25, 0.3) is 0 Å². The third kappa shape index (κ3) is 4.28. The number of hydrogen-bond acceptors (Lipinski definition) is 5. The minimum Gasteiger partial charge on any atom is -0.494 e. The molecule has 2 aromatic carbocycles. The Morgan fingerprint density at radius 2 is 2.16 bits per heavy atom. The Labute approximate surface area is 145 Å². The Bertz CT molecular complexity index is 837. The number of rotatable bonds is 8. The van der Waals surface area contributed by atoms with Crippen LogP contribution < -0.4 is 10.1 Å². The van der Waals surface area contributed by atoms with Crippen molar-refractivity contribution >= 4 is 16.5 Å². The molecule has 0 aliphatic heterocycles. The van der Waals surface area contributed by atoms with E-state index < -0.39 is 6.29 Å². The molecule has 0 radical (unpaired) electrons. The van der Waals surface area contributed by atoms with Crippen molar-refractivity contribution in [2.24, 2.45) is 5.28 Å². The largest absolute Gasteiger partial charge is 0.494 e. The molecule has 0 saturated heterocycles. The van der Waals surface area contributed by atoms with Crippen molar-refractivity contribution < 1.29 is 14.3 Å². The second-order valence-corrected chi connectivity index (χ2v) is 5.64. The first kappa shape index (κ1) is 16.8. The van der Waals surface area contributed by atoms with Gasteiger partial charge in [0.2, 0.25) is 6.29 Å². The van der Waals surface area contributed by atoms with Crippen molar-refractivity contribution in [2.45, 2.75) is 33.0 Å². The van der Waals surface area contributed by atoms with Gasteiger partial charge in [-0.2, -0.15) is 0 Å². The van der Waals surface area contributed by atoms with E-state index in [4.69, 9.17) is 19.8 Å². The second-order valence-electron chi connectivity index (χ2n) is 5.64. The summed E-state index contributed by atoms with van der Waals surface area (Å²) in [6.45, 7) is 4.26. The minimum absolute atomic E-state index is 0.619. The van der Waals surface area contributed by atoms with Crippen molar-refractivity contribution in [1.82, 2.24) is 0 Å². The van der Waals surface area contributed by atoms with Crippen LogP contribution in [0.4, 0.5) is 5.69 Å². The Morgan fingerprint density at radius 3 is 2.88 bits per heavy atom. The normalized spacial score (nSPS) is 13.6. The van der Waals surface area contributed by atoms with Gasteiger partial charge in [0, 0.05) is 22.9 Å². The van der Waals surface area contributed by atoms with Crippen LogP contribution in [0.25, 0.3) is 21.2 Å². The molecular weight excluding hydrogens is 320 g/mol. The average Bonchev–Trinajstić information content (AvgIpc) is 3.45. The number of allylic oxidation sites excluding steroid dienone is 1. The van der Waals surface area contributed by atoms with Crippen LogP contribution in [0.3, 0.4) is 0 Å². The van der Waals surface area contributed by atoms with E-state index in [0.717, 1.165) is 35.1 Å². The molecule has 25 heavy (non-hydrogen) atoms. The lowest BCUT2D eigenvalue weighted by Gasteiger charge is -2.18. The molecule has 1 fully saturated rings. The molecule has 0 amide bonds. The van der Waals surface area contributed by atoms with Gasteiger partial charge in [-0.25, -0.2) is 0 Å². The maximum Gasteiger partial charge on any atom is 0.248 e. The highest BCUT2D eigenvalue weighted by Crippen LogP contribution is 2.35. The predicted octanol–water partition coefficient (Wildman–Crippen LogP) is 5.26. The second kappa shape index (κ2) is 7.68. The Morgan fingerprint density at radius 1 is 1.32 bits per heavy atom. The first-order chi connectivity index (χ1) is 12.2. The molecule has 0 bridgehead atoms. The summed E-state index contributed by atoms with van der Waals surface area (Å²) in [5.74, 6) is 1.47. The molecule has 130 valence electrons. The molecule has 1 aliphatic carbocycles. The number of benzene rings is 2. The van der Waals surface area contributed by atoms with E-state index in [1.807, 2.05) is 37.3 Å². The van der Waals surface area contributed by atoms with Gasteiger partial charge in [0.05, 0.1) is 6.61 Å². The Hall–Kier alpha value is -3.05. The van der Waals surface area contributed by atoms with Crippen molar-refractivity contribution in [3.8, 4) is 5.75 Å². The van der Waals surface area contributed by atoms with Crippen molar-refractivity contribution in [3.05, 3.63) is 58.3 Å². The minimum atomic E-state index is -0.680. The molecule has 1 saturated carbocycles. The van der Waals surface area contributed by atoms with E-state index in [0.29, 0.717) is 12.5 Å². The Balaban J connectivity index is 1.86. The molecule has 1 aliphatic rings. The number of nitrogens with one attached hydrogen (secondary N) is 1. The Kier molecular flexibility index (Phi) is 5.16. The van der Waals surface area contributed by atoms with Gasteiger partial charge in [-0.1, -0.05) is 18.2 Å². The number of anilines is 1. The van der Waals surface area contributed by atoms with Crippen LogP contribution in [0, 0.1) is 0 Å². The van der Waals surface area contributed by atoms with Crippen LogP contribution in [0.15, 0.2) is 53.1 Å². The zero-order valence-corrected chi connectivity index (χ0v) is 14.2. The van der Waals surface area contributed by atoms with E-state index in [9.17, 15) is 0 Å². The number of ether oxygens (including phenoxy) is 2. The van der Waals surface area contributed by atoms with Crippen LogP contribution in [-0.2, 0) is 9.57 Å². The molecule has 0 aromatic heterocycles. The molecule has 1 N–H and O–H groups in total. The molecule has 0 heterocycles. The fraction of sp³-hybridized carbons (Fsp3) is 0.333. The summed E-state index contributed by atoms with van der Waals surface area (Å²) >= 11 is 0. The van der Waals surface area contributed by atoms with E-state index in [2.05, 4.69) is 21.6 Å². The third-order valence-electron chi connectivity index (χ3n) is 3.75. The van der Waals surface area contributed by atoms with Crippen LogP contribution in [-0.4, -0.2) is 12.9 Å². The summed E-state index contributed by atoms with van der Waals surface area (Å²) in [5.41, 5.74) is 10.4. The summed E-state index contributed by atoms with van der Waals surface area (Å²) in [7, 11) is 0. The monoisotopic (exact) mass is 340 g/mol. The molecule has 0 spiro atoms. The molecule has 7 heteroatoms. The lowest BCUT2D eigenvalue weighted by Crippen LogP contribution is -2.14. The van der Waals surface area contributed by atoms with Gasteiger partial charge in [0.15, 0.2) is 5.88 Å². The van der Waals surface area contributed by atoms with Gasteiger partial charge >= 0.3 is 0 Å². The molecule has 1 unspecified atom stereocenters. The molecule has 7 nitrogen and oxygen atoms in total. The van der Waals surface area contributed by atoms with Gasteiger partial charge < -0.3 is 19.6 Å². The predicted molar refractivity (Wildman–Crippen MR) is 95.8 cm³/mol. The maximum atomic E-state index is 8.33. The number of hydrogen-bond donors (Lipinski definition) is 1. The highest BCUT2D eigenvalue weighted by molar-refractivity contribution is 5.95. The van der Waals surface area contributed by atoms with Crippen LogP contribution in [0.5, 0.6) is 5.75 Å². The highest BCUT2D eigenvalue weighted by Gasteiger charge is 2.22. The first-order valence-corrected chi connectivity index (χ1v) is 8.22. The summed E-state index contributed by atoms with van der Waals surface area (Å²) < 4.78 is 11.4. The molecule has 3 rings (SSSR count). The van der Waals surface area contributed by atoms with Gasteiger partial charge in [-0.15, -0.1) is 0 Å². The lowest BCUT2D eigenvalue weighted by molar-refractivity contribution is -0.104. The summed E-state index contributed by atoms with van der Waals surface area (Å²) in [4.78, 5) is 7.44. The third-order valence-corrected chi connectivity index (χ3v) is 3.75. The van der Waals surface area contributed by atoms with E-state index in [1.54, 1.807) is 6.92 Å². The lowest BCUT2D eigenvalue weighted by atomic mass is 10.1. The van der Waals surface area contributed by atoms with Crippen LogP contribution in [0.2, 0.25) is 0 Å². The molecular formula is C18H20N4O3. The maximum absolute atomic E-state index is 8.33. The van der Waals surface area contributed by atoms with Crippen LogP contribution in [0.1, 0.15) is 26.7 Å². The molecule has 1 atom stereocenters. The number of nitrogens with zero attached hydrogens (tertiary/aromatic N) is 3. The van der Waals surface area contributed by atoms with Gasteiger partial charge in [-0.3, -0.25) is 0 Å². The topological polar surface area (TPSA) is 88.5 Å². The quantitative estimate of drug-likeness (QED) is 0.177. The SMILES string of the molecule is CCOc1ccc2cccc(NC(OC(C)ON=[N+]=[N-])=C3CC3)c2c1. The van der Waals surface area contributed by atoms with Gasteiger partial charge in [0.1, 0.15) is 11.0 Å². The summed E-state index contributed by atoms with van der Waals surface area (Å²) in [6.07, 6.45) is 1.28. The van der Waals surface area contributed by atoms with Crippen molar-refractivity contribution in [1.29, 1.82) is 0 Å². The average molecular weight is 340 g/mol. The number of azide groups is 1. The van der Waals surface area contributed by atoms with Crippen molar-refractivity contribution in [3.63, 3.8) is 0 Å². The molecule has 2 aromatic rings. The first-order valence-electron chi connectivity index (χ1n) is 8.22. The smallest absolute Gasteiger partial charge is 0.248 e. The standard InChI is InChI=1S/C18H20N4O3/c1-3-23-15-10-9-13-5-4-6-17(16(13)11-15)20-18(14-7-8-14)24-12(2)25-22-21-19/h4-6,9-12,20H,3,7-8H2,1-2H3. The van der Waals surface area contributed by atoms with E-state index >= 15 is 0 Å². The highest BCUT2D eigenvalue weighted by atomic mass is 16.8. The summed E-state index contributed by atoms with van der Waals surface area (Å²) in [5, 5.41) is 8.57. The summed E-state index contributed by atoms with van der Waals surface area (Å²) in [6, 6.07) is 12.0. The fourth-order valence-corrected chi connectivity index (χ4v) is 2.51. The zero-order valence-electron chi connectivity index (χ0n) is 14.2. The zero-order chi connectivity index (χ0) is 17.6. The number of fused-ring (bicyclic) bond motifs is 1. The van der Waals surface area contributed by atoms with Gasteiger partial charge in [-0.05, 0) is 54.5 Å².